The van der Waals surface area contributed by atoms with Crippen molar-refractivity contribution in [1.82, 2.24) is 25.3 Å². The summed E-state index contributed by atoms with van der Waals surface area (Å²) in [4.78, 5) is 35.5. The van der Waals surface area contributed by atoms with E-state index in [4.69, 9.17) is 0 Å². The van der Waals surface area contributed by atoms with Crippen molar-refractivity contribution < 1.29 is 9.59 Å². The number of amides is 2. The van der Waals surface area contributed by atoms with Crippen molar-refractivity contribution in [3.05, 3.63) is 0 Å². The summed E-state index contributed by atoms with van der Waals surface area (Å²) in [7, 11) is 0. The van der Waals surface area contributed by atoms with Crippen LogP contribution in [-0.2, 0) is 9.59 Å². The van der Waals surface area contributed by atoms with Crippen LogP contribution in [0.1, 0.15) is 46.5 Å². The van der Waals surface area contributed by atoms with E-state index in [0.717, 1.165) is 77.6 Å². The van der Waals surface area contributed by atoms with Gasteiger partial charge in [-0.3, -0.25) is 19.5 Å². The molecule has 8 nitrogen and oxygen atoms in total. The summed E-state index contributed by atoms with van der Waals surface area (Å²) < 4.78 is 0. The largest absolute Gasteiger partial charge is 0.357 e. The molecule has 168 valence electrons. The van der Waals surface area contributed by atoms with Crippen molar-refractivity contribution in [2.75, 3.05) is 58.9 Å². The van der Waals surface area contributed by atoms with Crippen molar-refractivity contribution in [3.63, 3.8) is 0 Å². The fraction of sp³-hybridized carbons (Fsp3) is 0.850. The van der Waals surface area contributed by atoms with Gasteiger partial charge in [0.1, 0.15) is 0 Å². The van der Waals surface area contributed by atoms with E-state index in [-0.39, 0.29) is 41.8 Å². The summed E-state index contributed by atoms with van der Waals surface area (Å²) in [6.07, 6.45) is 3.62. The second-order valence-corrected chi connectivity index (χ2v) is 7.57. The quantitative estimate of drug-likeness (QED) is 0.284. The van der Waals surface area contributed by atoms with E-state index in [1.165, 1.54) is 0 Å². The fourth-order valence-electron chi connectivity index (χ4n) is 3.72. The number of piperazine rings is 1. The lowest BCUT2D eigenvalue weighted by molar-refractivity contribution is -0.135. The van der Waals surface area contributed by atoms with Gasteiger partial charge in [0, 0.05) is 58.8 Å². The molecular formula is C20H39IN6O2. The first-order valence-electron chi connectivity index (χ1n) is 10.9. The number of hydrogen-bond acceptors (Lipinski definition) is 4. The van der Waals surface area contributed by atoms with Crippen LogP contribution in [0, 0.1) is 0 Å². The highest BCUT2D eigenvalue weighted by atomic mass is 127. The maximum atomic E-state index is 12.6. The number of carbonyl (C=O) groups excluding carboxylic acids is 2. The van der Waals surface area contributed by atoms with Gasteiger partial charge in [0.05, 0.1) is 12.6 Å². The first kappa shape index (κ1) is 25.9. The zero-order valence-corrected chi connectivity index (χ0v) is 20.6. The van der Waals surface area contributed by atoms with Gasteiger partial charge in [0.25, 0.3) is 0 Å². The molecule has 2 aliphatic rings. The standard InChI is InChI=1S/C20H38N6O2.HI/c1-4-9-22-18(27)8-10-23-20(21-5-2)26-15-13-24(14-16-26)17(3)19(28)25-11-6-7-12-25;/h17H,4-16H2,1-3H3,(H,21,23)(H,22,27);1H. The average molecular weight is 522 g/mol. The maximum Gasteiger partial charge on any atom is 0.239 e. The first-order chi connectivity index (χ1) is 13.6. The minimum Gasteiger partial charge on any atom is -0.357 e. The van der Waals surface area contributed by atoms with Crippen LogP contribution in [-0.4, -0.2) is 97.4 Å². The third-order valence-corrected chi connectivity index (χ3v) is 5.44. The molecule has 0 aromatic heterocycles. The molecule has 0 radical (unpaired) electrons. The van der Waals surface area contributed by atoms with Gasteiger partial charge in [0.15, 0.2) is 5.96 Å². The molecule has 1 atom stereocenters. The minimum absolute atomic E-state index is 0. The van der Waals surface area contributed by atoms with Gasteiger partial charge in [-0.25, -0.2) is 0 Å². The second kappa shape index (κ2) is 14.0. The molecule has 2 saturated heterocycles. The third kappa shape index (κ3) is 8.27. The highest BCUT2D eigenvalue weighted by molar-refractivity contribution is 14.0. The summed E-state index contributed by atoms with van der Waals surface area (Å²) in [5, 5.41) is 6.22. The van der Waals surface area contributed by atoms with Crippen molar-refractivity contribution in [2.24, 2.45) is 4.99 Å². The molecule has 2 amide bonds. The van der Waals surface area contributed by atoms with E-state index >= 15 is 0 Å². The molecule has 1 unspecified atom stereocenters. The number of hydrogen-bond donors (Lipinski definition) is 2. The van der Waals surface area contributed by atoms with Crippen molar-refractivity contribution in [1.29, 1.82) is 0 Å². The normalized spacial score (nSPS) is 18.9. The summed E-state index contributed by atoms with van der Waals surface area (Å²) in [5.41, 5.74) is 0. The molecule has 0 spiro atoms. The topological polar surface area (TPSA) is 80.3 Å². The van der Waals surface area contributed by atoms with Gasteiger partial charge in [0.2, 0.25) is 11.8 Å². The number of nitrogens with one attached hydrogen (secondary N) is 2. The molecule has 2 fully saturated rings. The lowest BCUT2D eigenvalue weighted by Gasteiger charge is -2.39. The van der Waals surface area contributed by atoms with Crippen LogP contribution in [0.2, 0.25) is 0 Å². The maximum absolute atomic E-state index is 12.6. The molecule has 2 rings (SSSR count). The van der Waals surface area contributed by atoms with E-state index in [1.807, 2.05) is 18.7 Å². The first-order valence-corrected chi connectivity index (χ1v) is 10.9. The van der Waals surface area contributed by atoms with Crippen molar-refractivity contribution in [2.45, 2.75) is 52.5 Å². The summed E-state index contributed by atoms with van der Waals surface area (Å²) in [6.45, 7) is 13.3. The van der Waals surface area contributed by atoms with E-state index in [9.17, 15) is 9.59 Å². The minimum atomic E-state index is -0.0537. The SMILES string of the molecule is CCCNC(=O)CCN=C(NCC)N1CCN(C(C)C(=O)N2CCCC2)CC1.I. The molecule has 0 aromatic rings. The average Bonchev–Trinajstić information content (AvgIpc) is 3.25. The van der Waals surface area contributed by atoms with Crippen molar-refractivity contribution in [3.8, 4) is 0 Å². The number of nitrogens with zero attached hydrogens (tertiary/aromatic N) is 4. The number of halogens is 1. The molecule has 0 saturated carbocycles. The van der Waals surface area contributed by atoms with Crippen LogP contribution in [0.15, 0.2) is 4.99 Å². The number of guanidine groups is 1. The molecule has 29 heavy (non-hydrogen) atoms. The van der Waals surface area contributed by atoms with Crippen LogP contribution in [0.3, 0.4) is 0 Å². The number of rotatable bonds is 8. The van der Waals surface area contributed by atoms with Gasteiger partial charge < -0.3 is 20.4 Å². The predicted octanol–water partition coefficient (Wildman–Crippen LogP) is 1.11. The Morgan fingerprint density at radius 3 is 2.21 bits per heavy atom. The highest BCUT2D eigenvalue weighted by Gasteiger charge is 2.30. The zero-order chi connectivity index (χ0) is 20.4. The van der Waals surface area contributed by atoms with Crippen LogP contribution in [0.25, 0.3) is 0 Å². The van der Waals surface area contributed by atoms with Gasteiger partial charge in [-0.05, 0) is 33.1 Å². The lowest BCUT2D eigenvalue weighted by Crippen LogP contribution is -2.57. The number of carbonyl (C=O) groups is 2. The van der Waals surface area contributed by atoms with Crippen LogP contribution in [0.5, 0.6) is 0 Å². The molecule has 0 aromatic carbocycles. The monoisotopic (exact) mass is 522 g/mol. The van der Waals surface area contributed by atoms with Gasteiger partial charge >= 0.3 is 0 Å². The number of likely N-dealkylation sites (tertiary alicyclic amines) is 1. The molecule has 2 N–H and O–H groups in total. The zero-order valence-electron chi connectivity index (χ0n) is 18.3. The van der Waals surface area contributed by atoms with Crippen molar-refractivity contribution >= 4 is 41.8 Å². The molecule has 2 heterocycles. The van der Waals surface area contributed by atoms with E-state index in [2.05, 4.69) is 32.3 Å². The van der Waals surface area contributed by atoms with Crippen LogP contribution in [0.4, 0.5) is 0 Å². The molecular weight excluding hydrogens is 483 g/mol. The predicted molar refractivity (Wildman–Crippen MR) is 128 cm³/mol. The lowest BCUT2D eigenvalue weighted by atomic mass is 10.2. The highest BCUT2D eigenvalue weighted by Crippen LogP contribution is 2.14. The summed E-state index contributed by atoms with van der Waals surface area (Å²) >= 11 is 0. The summed E-state index contributed by atoms with van der Waals surface area (Å²) in [5.74, 6) is 1.19. The van der Waals surface area contributed by atoms with E-state index in [1.54, 1.807) is 0 Å². The Morgan fingerprint density at radius 1 is 0.966 bits per heavy atom. The van der Waals surface area contributed by atoms with Crippen LogP contribution >= 0.6 is 24.0 Å². The Labute approximate surface area is 192 Å². The van der Waals surface area contributed by atoms with E-state index < -0.39 is 0 Å². The van der Waals surface area contributed by atoms with Gasteiger partial charge in [-0.15, -0.1) is 24.0 Å². The Kier molecular flexibility index (Phi) is 12.5. The molecule has 0 aliphatic carbocycles. The van der Waals surface area contributed by atoms with Gasteiger partial charge in [-0.2, -0.15) is 0 Å². The molecule has 2 aliphatic heterocycles. The number of aliphatic imine (C=N–C) groups is 1. The Balaban J connectivity index is 0.00000420. The van der Waals surface area contributed by atoms with Gasteiger partial charge in [-0.1, -0.05) is 6.92 Å². The Morgan fingerprint density at radius 2 is 1.62 bits per heavy atom. The Hall–Kier alpha value is -1.10. The fourth-order valence-corrected chi connectivity index (χ4v) is 3.72. The molecule has 0 bridgehead atoms. The third-order valence-electron chi connectivity index (χ3n) is 5.44. The smallest absolute Gasteiger partial charge is 0.239 e. The van der Waals surface area contributed by atoms with Crippen LogP contribution < -0.4 is 10.6 Å². The van der Waals surface area contributed by atoms with E-state index in [0.29, 0.717) is 13.0 Å². The molecule has 9 heteroatoms. The Bertz CT molecular complexity index is 531. The second-order valence-electron chi connectivity index (χ2n) is 7.57. The summed E-state index contributed by atoms with van der Waals surface area (Å²) in [6, 6.07) is -0.0537.